The number of sulfone groups is 3. The molecular formula is C18H21O9PS3. The Labute approximate surface area is 181 Å². The maximum Gasteiger partial charge on any atom is 0.298 e. The molecule has 170 valence electrons. The van der Waals surface area contributed by atoms with Crippen molar-refractivity contribution in [3.63, 3.8) is 0 Å². The summed E-state index contributed by atoms with van der Waals surface area (Å²) in [5.74, 6) is 0. The van der Waals surface area contributed by atoms with Gasteiger partial charge in [0.25, 0.3) is 12.9 Å². The van der Waals surface area contributed by atoms with Gasteiger partial charge in [0, 0.05) is 24.1 Å². The molecule has 0 amide bonds. The first-order chi connectivity index (χ1) is 13.9. The maximum absolute atomic E-state index is 13.2. The van der Waals surface area contributed by atoms with E-state index in [9.17, 15) is 39.5 Å². The zero-order chi connectivity index (χ0) is 24.0. The molecule has 2 rings (SSSR count). The van der Waals surface area contributed by atoms with Crippen LogP contribution in [0.4, 0.5) is 0 Å². The number of hydrogen-bond acceptors (Lipinski definition) is 8. The highest BCUT2D eigenvalue weighted by Gasteiger charge is 2.40. The summed E-state index contributed by atoms with van der Waals surface area (Å²) in [6, 6.07) is 6.97. The third-order valence-electron chi connectivity index (χ3n) is 4.45. The Morgan fingerprint density at radius 2 is 1.32 bits per heavy atom. The van der Waals surface area contributed by atoms with Crippen molar-refractivity contribution in [1.82, 2.24) is 0 Å². The molecule has 2 aromatic carbocycles. The summed E-state index contributed by atoms with van der Waals surface area (Å²) in [5.41, 5.74) is -2.31. The Kier molecular flexibility index (Phi) is 6.76. The lowest BCUT2D eigenvalue weighted by Gasteiger charge is -2.18. The summed E-state index contributed by atoms with van der Waals surface area (Å²) in [7, 11) is -17.8. The predicted molar refractivity (Wildman–Crippen MR) is 115 cm³/mol. The minimum atomic E-state index is -4.98. The third-order valence-corrected chi connectivity index (χ3v) is 9.65. The van der Waals surface area contributed by atoms with Gasteiger partial charge in [0.15, 0.2) is 29.5 Å². The average Bonchev–Trinajstić information content (AvgIpc) is 2.64. The molecule has 0 fully saturated rings. The van der Waals surface area contributed by atoms with Crippen molar-refractivity contribution in [1.29, 1.82) is 0 Å². The molecule has 0 saturated heterocycles. The van der Waals surface area contributed by atoms with Gasteiger partial charge >= 0.3 is 0 Å². The van der Waals surface area contributed by atoms with Crippen LogP contribution in [0.15, 0.2) is 51.1 Å². The fourth-order valence-corrected chi connectivity index (χ4v) is 7.47. The van der Waals surface area contributed by atoms with Crippen molar-refractivity contribution < 1.29 is 39.5 Å². The summed E-state index contributed by atoms with van der Waals surface area (Å²) in [6.45, 7) is 1.67. The van der Waals surface area contributed by atoms with Crippen molar-refractivity contribution >= 4 is 47.7 Å². The second-order valence-electron chi connectivity index (χ2n) is 6.97. The standard InChI is InChI=1S/C18H21O9PS3/c1-5-12-8-6-7-9-14(12)28(20,21)18(19)17-15(30(3,24)25)10-13(29(2,22)23)11-16(17)31(4,26)27/h6-11H,5H2,1-4H3,(H,20,21). The van der Waals surface area contributed by atoms with E-state index in [1.54, 1.807) is 13.0 Å². The fraction of sp³-hybridized carbons (Fsp3) is 0.278. The lowest BCUT2D eigenvalue weighted by molar-refractivity contribution is 0.105. The Hall–Kier alpha value is -1.85. The van der Waals surface area contributed by atoms with E-state index in [1.165, 1.54) is 18.2 Å². The minimum Gasteiger partial charge on any atom is -0.336 e. The molecule has 9 nitrogen and oxygen atoms in total. The molecule has 2 aromatic rings. The molecule has 0 heterocycles. The molecule has 0 saturated carbocycles. The highest BCUT2D eigenvalue weighted by atomic mass is 32.2. The number of benzene rings is 2. The predicted octanol–water partition coefficient (Wildman–Crippen LogP) is 1.20. The summed E-state index contributed by atoms with van der Waals surface area (Å²) < 4.78 is 86.8. The van der Waals surface area contributed by atoms with Crippen molar-refractivity contribution in [2.75, 3.05) is 18.8 Å². The van der Waals surface area contributed by atoms with Gasteiger partial charge in [-0.2, -0.15) is 0 Å². The van der Waals surface area contributed by atoms with Gasteiger partial charge in [-0.15, -0.1) is 0 Å². The van der Waals surface area contributed by atoms with Gasteiger partial charge in [-0.1, -0.05) is 25.1 Å². The van der Waals surface area contributed by atoms with Gasteiger partial charge in [0.1, 0.15) is 0 Å². The topological polar surface area (TPSA) is 157 Å². The second-order valence-corrected chi connectivity index (χ2v) is 15.0. The van der Waals surface area contributed by atoms with Gasteiger partial charge < -0.3 is 4.89 Å². The van der Waals surface area contributed by atoms with Crippen molar-refractivity contribution in [3.05, 3.63) is 47.5 Å². The zero-order valence-corrected chi connectivity index (χ0v) is 20.4. The zero-order valence-electron chi connectivity index (χ0n) is 17.1. The van der Waals surface area contributed by atoms with Crippen LogP contribution in [-0.2, 0) is 40.5 Å². The SMILES string of the molecule is CCc1ccccc1P(=O)(O)C(=O)c1c(S(C)(=O)=O)cc(S(C)(=O)=O)cc1S(C)(=O)=O. The van der Waals surface area contributed by atoms with Gasteiger partial charge in [-0.3, -0.25) is 9.36 Å². The summed E-state index contributed by atoms with van der Waals surface area (Å²) in [6.07, 6.45) is 2.29. The Morgan fingerprint density at radius 3 is 1.71 bits per heavy atom. The highest BCUT2D eigenvalue weighted by Crippen LogP contribution is 2.47. The number of carbonyl (C=O) groups excluding carboxylic acids is 1. The van der Waals surface area contributed by atoms with E-state index < -0.39 is 62.7 Å². The quantitative estimate of drug-likeness (QED) is 0.543. The van der Waals surface area contributed by atoms with E-state index in [2.05, 4.69) is 0 Å². The molecule has 13 heteroatoms. The molecule has 0 bridgehead atoms. The molecule has 1 N–H and O–H groups in total. The van der Waals surface area contributed by atoms with Gasteiger partial charge in [0.05, 0.1) is 20.2 Å². The van der Waals surface area contributed by atoms with E-state index in [1.807, 2.05) is 0 Å². The van der Waals surface area contributed by atoms with E-state index in [0.717, 1.165) is 6.26 Å². The Balaban J connectivity index is 3.05. The van der Waals surface area contributed by atoms with Crippen LogP contribution < -0.4 is 5.30 Å². The largest absolute Gasteiger partial charge is 0.336 e. The van der Waals surface area contributed by atoms with Gasteiger partial charge in [0.2, 0.25) is 0 Å². The molecule has 0 spiro atoms. The lowest BCUT2D eigenvalue weighted by atomic mass is 10.2. The van der Waals surface area contributed by atoms with E-state index in [4.69, 9.17) is 0 Å². The van der Waals surface area contributed by atoms with E-state index >= 15 is 0 Å². The van der Waals surface area contributed by atoms with E-state index in [-0.39, 0.29) is 11.7 Å². The van der Waals surface area contributed by atoms with Gasteiger partial charge in [-0.05, 0) is 30.2 Å². The summed E-state index contributed by atoms with van der Waals surface area (Å²) >= 11 is 0. The van der Waals surface area contributed by atoms with Crippen LogP contribution in [0, 0.1) is 0 Å². The monoisotopic (exact) mass is 508 g/mol. The number of aryl methyl sites for hydroxylation is 1. The van der Waals surface area contributed by atoms with Crippen LogP contribution in [-0.4, -0.2) is 54.4 Å². The van der Waals surface area contributed by atoms with Crippen LogP contribution in [0.5, 0.6) is 0 Å². The van der Waals surface area contributed by atoms with Crippen LogP contribution in [0.1, 0.15) is 22.8 Å². The smallest absolute Gasteiger partial charge is 0.298 e. The molecule has 0 aromatic heterocycles. The first-order valence-corrected chi connectivity index (χ1v) is 16.0. The molecular weight excluding hydrogens is 487 g/mol. The summed E-state index contributed by atoms with van der Waals surface area (Å²) in [4.78, 5) is 21.4. The molecule has 31 heavy (non-hydrogen) atoms. The van der Waals surface area contributed by atoms with E-state index in [0.29, 0.717) is 30.2 Å². The third kappa shape index (κ3) is 5.15. The minimum absolute atomic E-state index is 0.256. The Morgan fingerprint density at radius 1 is 0.871 bits per heavy atom. The maximum atomic E-state index is 13.2. The second kappa shape index (κ2) is 8.25. The van der Waals surface area contributed by atoms with Crippen LogP contribution in [0.2, 0.25) is 0 Å². The Bertz CT molecular complexity index is 1380. The van der Waals surface area contributed by atoms with Crippen LogP contribution in [0.3, 0.4) is 0 Å². The molecule has 1 atom stereocenters. The lowest BCUT2D eigenvalue weighted by Crippen LogP contribution is -2.21. The fourth-order valence-electron chi connectivity index (χ4n) is 2.94. The number of rotatable bonds is 7. The van der Waals surface area contributed by atoms with Crippen molar-refractivity contribution in [3.8, 4) is 0 Å². The van der Waals surface area contributed by atoms with Gasteiger partial charge in [-0.25, -0.2) is 25.3 Å². The number of hydrogen-bond donors (Lipinski definition) is 1. The molecule has 1 unspecified atom stereocenters. The van der Waals surface area contributed by atoms with Crippen LogP contribution in [0.25, 0.3) is 0 Å². The molecule has 0 aliphatic heterocycles. The van der Waals surface area contributed by atoms with Crippen LogP contribution >= 0.6 is 7.37 Å². The molecule has 0 aliphatic rings. The summed E-state index contributed by atoms with van der Waals surface area (Å²) in [5, 5.41) is -0.256. The molecule has 0 radical (unpaired) electrons. The van der Waals surface area contributed by atoms with Crippen molar-refractivity contribution in [2.24, 2.45) is 0 Å². The normalized spacial score (nSPS) is 14.7. The number of carbonyl (C=O) groups is 1. The average molecular weight is 509 g/mol. The first-order valence-electron chi connectivity index (χ1n) is 8.66. The molecule has 0 aliphatic carbocycles. The first kappa shape index (κ1) is 25.4. The highest BCUT2D eigenvalue weighted by molar-refractivity contribution is 7.92. The van der Waals surface area contributed by atoms with Crippen molar-refractivity contribution in [2.45, 2.75) is 28.0 Å².